The number of nitrogens with one attached hydrogen (secondary N) is 1. The normalized spacial score (nSPS) is 11.9. The van der Waals surface area contributed by atoms with E-state index < -0.39 is 22.8 Å². The Morgan fingerprint density at radius 1 is 1.23 bits per heavy atom. The summed E-state index contributed by atoms with van der Waals surface area (Å²) < 4.78 is 12.9. The van der Waals surface area contributed by atoms with E-state index in [1.54, 1.807) is 6.07 Å². The Labute approximate surface area is 147 Å². The van der Waals surface area contributed by atoms with Crippen LogP contribution in [0.15, 0.2) is 54.7 Å². The Morgan fingerprint density at radius 2 is 1.96 bits per heavy atom. The van der Waals surface area contributed by atoms with E-state index in [9.17, 15) is 24.4 Å². The summed E-state index contributed by atoms with van der Waals surface area (Å²) in [5.41, 5.74) is 0.683. The summed E-state index contributed by atoms with van der Waals surface area (Å²) in [5.74, 6) is -0.946. The number of carbonyl (C=O) groups is 1. The summed E-state index contributed by atoms with van der Waals surface area (Å²) in [6, 6.07) is 10.9. The van der Waals surface area contributed by atoms with Gasteiger partial charge in [0.05, 0.1) is 27.5 Å². The van der Waals surface area contributed by atoms with Gasteiger partial charge in [-0.3, -0.25) is 19.9 Å². The first-order valence-corrected chi connectivity index (χ1v) is 7.71. The number of nitro groups is 1. The highest BCUT2D eigenvalue weighted by Crippen LogP contribution is 2.26. The Kier molecular flexibility index (Phi) is 4.85. The summed E-state index contributed by atoms with van der Waals surface area (Å²) in [6.07, 6.45) is 0.424. The number of aliphatic hydroxyl groups is 1. The van der Waals surface area contributed by atoms with Crippen LogP contribution in [0.5, 0.6) is 0 Å². The quantitative estimate of drug-likeness (QED) is 0.541. The SMILES string of the molecule is O=C(NC[C@@H](O)c1ccc(F)cc1)c1ccc([N+](=O)[O-])c2cccnc12. The molecule has 132 valence electrons. The lowest BCUT2D eigenvalue weighted by molar-refractivity contribution is -0.383. The van der Waals surface area contributed by atoms with Crippen molar-refractivity contribution in [3.63, 3.8) is 0 Å². The van der Waals surface area contributed by atoms with Crippen LogP contribution in [0.3, 0.4) is 0 Å². The summed E-state index contributed by atoms with van der Waals surface area (Å²) in [7, 11) is 0. The monoisotopic (exact) mass is 355 g/mol. The maximum absolute atomic E-state index is 12.9. The summed E-state index contributed by atoms with van der Waals surface area (Å²) in [4.78, 5) is 27.1. The van der Waals surface area contributed by atoms with Crippen molar-refractivity contribution in [1.29, 1.82) is 0 Å². The Bertz CT molecular complexity index is 976. The molecule has 0 aliphatic rings. The number of hydrogen-bond donors (Lipinski definition) is 2. The highest BCUT2D eigenvalue weighted by atomic mass is 19.1. The van der Waals surface area contributed by atoms with Crippen LogP contribution in [0.2, 0.25) is 0 Å². The minimum atomic E-state index is -1.02. The van der Waals surface area contributed by atoms with Gasteiger partial charge in [0, 0.05) is 18.8 Å². The molecule has 2 N–H and O–H groups in total. The number of nitro benzene ring substituents is 1. The van der Waals surface area contributed by atoms with Crippen molar-refractivity contribution in [2.24, 2.45) is 0 Å². The van der Waals surface area contributed by atoms with Gasteiger partial charge in [-0.15, -0.1) is 0 Å². The zero-order valence-electron chi connectivity index (χ0n) is 13.4. The molecule has 0 unspecified atom stereocenters. The number of halogens is 1. The molecule has 3 rings (SSSR count). The predicted octanol–water partition coefficient (Wildman–Crippen LogP) is 2.75. The van der Waals surface area contributed by atoms with Gasteiger partial charge < -0.3 is 10.4 Å². The lowest BCUT2D eigenvalue weighted by Crippen LogP contribution is -2.28. The second kappa shape index (κ2) is 7.24. The van der Waals surface area contributed by atoms with Crippen molar-refractivity contribution < 1.29 is 19.2 Å². The van der Waals surface area contributed by atoms with Gasteiger partial charge in [-0.2, -0.15) is 0 Å². The van der Waals surface area contributed by atoms with Crippen LogP contribution in [-0.2, 0) is 0 Å². The van der Waals surface area contributed by atoms with E-state index in [-0.39, 0.29) is 28.7 Å². The summed E-state index contributed by atoms with van der Waals surface area (Å²) in [6.45, 7) is -0.101. The second-order valence-corrected chi connectivity index (χ2v) is 5.57. The average molecular weight is 355 g/mol. The van der Waals surface area contributed by atoms with Gasteiger partial charge in [0.25, 0.3) is 11.6 Å². The zero-order chi connectivity index (χ0) is 18.7. The Hall–Kier alpha value is -3.39. The van der Waals surface area contributed by atoms with E-state index in [4.69, 9.17) is 0 Å². The first-order chi connectivity index (χ1) is 12.5. The molecule has 1 aromatic heterocycles. The minimum absolute atomic E-state index is 0.101. The number of fused-ring (bicyclic) bond motifs is 1. The lowest BCUT2D eigenvalue weighted by atomic mass is 10.1. The van der Waals surface area contributed by atoms with Crippen LogP contribution in [0.4, 0.5) is 10.1 Å². The number of rotatable bonds is 5. The first kappa shape index (κ1) is 17.4. The third kappa shape index (κ3) is 3.50. The molecule has 0 fully saturated rings. The number of nitrogens with zero attached hydrogens (tertiary/aromatic N) is 2. The largest absolute Gasteiger partial charge is 0.387 e. The number of aliphatic hydroxyl groups excluding tert-OH is 1. The summed E-state index contributed by atoms with van der Waals surface area (Å²) >= 11 is 0. The molecule has 2 aromatic carbocycles. The standard InChI is InChI=1S/C18H14FN3O4/c19-12-5-3-11(4-6-12)16(23)10-21-18(24)14-7-8-15(22(25)26)13-2-1-9-20-17(13)14/h1-9,16,23H,10H2,(H,21,24)/t16-/m1/s1. The second-order valence-electron chi connectivity index (χ2n) is 5.57. The molecular formula is C18H14FN3O4. The number of amides is 1. The molecule has 0 spiro atoms. The number of non-ortho nitro benzene ring substituents is 1. The van der Waals surface area contributed by atoms with Gasteiger partial charge in [0.15, 0.2) is 0 Å². The molecule has 1 heterocycles. The number of hydrogen-bond acceptors (Lipinski definition) is 5. The average Bonchev–Trinajstić information content (AvgIpc) is 2.65. The molecule has 8 heteroatoms. The maximum Gasteiger partial charge on any atom is 0.278 e. The predicted molar refractivity (Wildman–Crippen MR) is 92.1 cm³/mol. The maximum atomic E-state index is 12.9. The van der Waals surface area contributed by atoms with Crippen LogP contribution in [0, 0.1) is 15.9 Å². The fourth-order valence-corrected chi connectivity index (χ4v) is 2.59. The number of benzene rings is 2. The van der Waals surface area contributed by atoms with Crippen LogP contribution in [0.1, 0.15) is 22.0 Å². The number of carbonyl (C=O) groups excluding carboxylic acids is 1. The molecule has 3 aromatic rings. The Morgan fingerprint density at radius 3 is 2.65 bits per heavy atom. The molecule has 0 aliphatic heterocycles. The fourth-order valence-electron chi connectivity index (χ4n) is 2.59. The van der Waals surface area contributed by atoms with E-state index in [0.717, 1.165) is 0 Å². The van der Waals surface area contributed by atoms with Gasteiger partial charge >= 0.3 is 0 Å². The minimum Gasteiger partial charge on any atom is -0.387 e. The molecule has 7 nitrogen and oxygen atoms in total. The fraction of sp³-hybridized carbons (Fsp3) is 0.111. The first-order valence-electron chi connectivity index (χ1n) is 7.71. The van der Waals surface area contributed by atoms with Crippen LogP contribution < -0.4 is 5.32 Å². The highest BCUT2D eigenvalue weighted by molar-refractivity contribution is 6.07. The molecular weight excluding hydrogens is 341 g/mol. The van der Waals surface area contributed by atoms with Crippen LogP contribution in [-0.4, -0.2) is 27.5 Å². The van der Waals surface area contributed by atoms with Gasteiger partial charge in [-0.1, -0.05) is 12.1 Å². The molecule has 0 bridgehead atoms. The van der Waals surface area contributed by atoms with Gasteiger partial charge in [-0.05, 0) is 35.9 Å². The zero-order valence-corrected chi connectivity index (χ0v) is 13.4. The van der Waals surface area contributed by atoms with Crippen molar-refractivity contribution in [2.45, 2.75) is 6.10 Å². The third-order valence-corrected chi connectivity index (χ3v) is 3.90. The molecule has 0 radical (unpaired) electrons. The van der Waals surface area contributed by atoms with Crippen LogP contribution >= 0.6 is 0 Å². The van der Waals surface area contributed by atoms with Gasteiger partial charge in [-0.25, -0.2) is 4.39 Å². The van der Waals surface area contributed by atoms with Gasteiger partial charge in [0.2, 0.25) is 0 Å². The lowest BCUT2D eigenvalue weighted by Gasteiger charge is -2.13. The molecule has 0 aliphatic carbocycles. The number of aromatic nitrogens is 1. The summed E-state index contributed by atoms with van der Waals surface area (Å²) in [5, 5.41) is 24.0. The molecule has 1 atom stereocenters. The van der Waals surface area contributed by atoms with Crippen molar-refractivity contribution in [3.8, 4) is 0 Å². The number of pyridine rings is 1. The van der Waals surface area contributed by atoms with E-state index >= 15 is 0 Å². The van der Waals surface area contributed by atoms with Crippen molar-refractivity contribution in [1.82, 2.24) is 10.3 Å². The van der Waals surface area contributed by atoms with E-state index in [1.807, 2.05) is 0 Å². The van der Waals surface area contributed by atoms with E-state index in [2.05, 4.69) is 10.3 Å². The van der Waals surface area contributed by atoms with E-state index in [1.165, 1.54) is 48.7 Å². The molecule has 0 saturated carbocycles. The smallest absolute Gasteiger partial charge is 0.278 e. The molecule has 0 saturated heterocycles. The van der Waals surface area contributed by atoms with Crippen molar-refractivity contribution in [3.05, 3.63) is 81.8 Å². The van der Waals surface area contributed by atoms with Crippen LogP contribution in [0.25, 0.3) is 10.9 Å². The van der Waals surface area contributed by atoms with Gasteiger partial charge in [0.1, 0.15) is 5.82 Å². The topological polar surface area (TPSA) is 105 Å². The third-order valence-electron chi connectivity index (χ3n) is 3.90. The van der Waals surface area contributed by atoms with E-state index in [0.29, 0.717) is 5.56 Å². The van der Waals surface area contributed by atoms with Crippen molar-refractivity contribution >= 4 is 22.5 Å². The highest BCUT2D eigenvalue weighted by Gasteiger charge is 2.19. The van der Waals surface area contributed by atoms with Crippen molar-refractivity contribution in [2.75, 3.05) is 6.54 Å². The molecule has 26 heavy (non-hydrogen) atoms. The Balaban J connectivity index is 1.81. The molecule has 1 amide bonds.